The highest BCUT2D eigenvalue weighted by Crippen LogP contribution is 2.56. The predicted octanol–water partition coefficient (Wildman–Crippen LogP) is 2.23. The van der Waals surface area contributed by atoms with E-state index < -0.39 is 17.2 Å². The summed E-state index contributed by atoms with van der Waals surface area (Å²) in [7, 11) is 0. The Labute approximate surface area is 157 Å². The molecule has 27 heavy (non-hydrogen) atoms. The zero-order valence-corrected chi connectivity index (χ0v) is 15.6. The number of benzene rings is 1. The van der Waals surface area contributed by atoms with Gasteiger partial charge in [0.1, 0.15) is 0 Å². The Morgan fingerprint density at radius 1 is 1.11 bits per heavy atom. The Morgan fingerprint density at radius 3 is 2.37 bits per heavy atom. The van der Waals surface area contributed by atoms with Gasteiger partial charge in [0, 0.05) is 29.4 Å². The van der Waals surface area contributed by atoms with Crippen molar-refractivity contribution < 1.29 is 4.79 Å². The lowest BCUT2D eigenvalue weighted by Crippen LogP contribution is -2.50. The Morgan fingerprint density at radius 2 is 1.74 bits per heavy atom. The van der Waals surface area contributed by atoms with Gasteiger partial charge in [-0.05, 0) is 63.0 Å². The van der Waals surface area contributed by atoms with Crippen LogP contribution in [0.15, 0.2) is 46.1 Å². The molecule has 0 amide bonds. The maximum atomic E-state index is 13.0. The molecule has 6 nitrogen and oxygen atoms in total. The lowest BCUT2D eigenvalue weighted by Gasteiger charge is -2.51. The number of nitrogens with zero attached hydrogens (tertiary/aromatic N) is 2. The Kier molecular flexibility index (Phi) is 4.38. The second-order valence-electron chi connectivity index (χ2n) is 8.21. The van der Waals surface area contributed by atoms with Crippen molar-refractivity contribution >= 4 is 5.91 Å². The van der Waals surface area contributed by atoms with Crippen LogP contribution in [0.3, 0.4) is 0 Å². The summed E-state index contributed by atoms with van der Waals surface area (Å²) < 4.78 is 2.38. The van der Waals surface area contributed by atoms with Gasteiger partial charge < -0.3 is 5.73 Å². The lowest BCUT2D eigenvalue weighted by atomic mass is 9.57. The molecule has 2 N–H and O–H groups in total. The van der Waals surface area contributed by atoms with Crippen LogP contribution in [0.1, 0.15) is 60.5 Å². The number of carbonyl (C=O) groups excluding carboxylic acids is 1. The zero-order chi connectivity index (χ0) is 19.2. The normalized spacial score (nSPS) is 27.3. The zero-order valence-electron chi connectivity index (χ0n) is 15.6. The largest absolute Gasteiger partial charge is 0.338 e. The van der Waals surface area contributed by atoms with E-state index in [0.29, 0.717) is 17.2 Å². The Balaban J connectivity index is 1.66. The van der Waals surface area contributed by atoms with Crippen LogP contribution in [0, 0.1) is 12.3 Å². The highest BCUT2D eigenvalue weighted by atomic mass is 16.2. The third-order valence-electron chi connectivity index (χ3n) is 6.33. The first-order chi connectivity index (χ1) is 12.9. The van der Waals surface area contributed by atoms with E-state index in [0.717, 1.165) is 43.1 Å². The molecule has 0 atom stereocenters. The second kappa shape index (κ2) is 6.60. The van der Waals surface area contributed by atoms with Crippen LogP contribution in [-0.2, 0) is 0 Å². The van der Waals surface area contributed by atoms with Crippen molar-refractivity contribution in [3.63, 3.8) is 0 Å². The number of hydrogen-bond acceptors (Lipinski definition) is 4. The minimum Gasteiger partial charge on any atom is -0.328 e. The van der Waals surface area contributed by atoms with E-state index in [9.17, 15) is 14.4 Å². The number of rotatable bonds is 2. The average molecular weight is 367 g/mol. The molecule has 0 saturated heterocycles. The van der Waals surface area contributed by atoms with Gasteiger partial charge in [-0.15, -0.1) is 0 Å². The molecule has 2 saturated carbocycles. The van der Waals surface area contributed by atoms with Gasteiger partial charge in [-0.3, -0.25) is 14.2 Å². The summed E-state index contributed by atoms with van der Waals surface area (Å²) in [4.78, 5) is 38.3. The molecule has 6 heteroatoms. The summed E-state index contributed by atoms with van der Waals surface area (Å²) in [5.41, 5.74) is 5.96. The van der Waals surface area contributed by atoms with Gasteiger partial charge >= 0.3 is 5.69 Å². The fraction of sp³-hybridized carbons (Fsp3) is 0.476. The fourth-order valence-corrected chi connectivity index (χ4v) is 4.65. The Hall–Kier alpha value is -2.47. The van der Waals surface area contributed by atoms with Crippen LogP contribution >= 0.6 is 0 Å². The van der Waals surface area contributed by atoms with Gasteiger partial charge in [0.25, 0.3) is 11.5 Å². The topological polar surface area (TPSA) is 87.1 Å². The predicted molar refractivity (Wildman–Crippen MR) is 103 cm³/mol. The number of aryl methyl sites for hydroxylation is 1. The first-order valence-corrected chi connectivity index (χ1v) is 9.60. The average Bonchev–Trinajstić information content (AvgIpc) is 2.65. The first-order valence-electron chi connectivity index (χ1n) is 9.60. The third kappa shape index (κ3) is 3.08. The molecule has 142 valence electrons. The molecule has 0 radical (unpaired) electrons. The molecule has 2 aliphatic carbocycles. The summed E-state index contributed by atoms with van der Waals surface area (Å²) in [5.74, 6) is -0.569. The molecule has 0 bridgehead atoms. The first kappa shape index (κ1) is 17.9. The minimum absolute atomic E-state index is 0.0425. The highest BCUT2D eigenvalue weighted by molar-refractivity contribution is 5.95. The van der Waals surface area contributed by atoms with Gasteiger partial charge in [0.15, 0.2) is 0 Å². The number of carbonyl (C=O) groups is 1. The summed E-state index contributed by atoms with van der Waals surface area (Å²) >= 11 is 0. The summed E-state index contributed by atoms with van der Waals surface area (Å²) in [5, 5.41) is 0. The molecule has 4 rings (SSSR count). The van der Waals surface area contributed by atoms with Crippen molar-refractivity contribution in [1.82, 2.24) is 9.13 Å². The SMILES string of the molecule is Cc1cn(C2CC3(CCC(N)CC3)C2)c(=O)n(C(=O)c2ccccc2)c1=O. The van der Waals surface area contributed by atoms with E-state index in [-0.39, 0.29) is 11.5 Å². The van der Waals surface area contributed by atoms with Gasteiger partial charge in [-0.2, -0.15) is 4.57 Å². The van der Waals surface area contributed by atoms with Crippen molar-refractivity contribution in [3.8, 4) is 0 Å². The summed E-state index contributed by atoms with van der Waals surface area (Å²) in [6.45, 7) is 1.65. The van der Waals surface area contributed by atoms with Gasteiger partial charge in [0.05, 0.1) is 0 Å². The van der Waals surface area contributed by atoms with Crippen LogP contribution in [-0.4, -0.2) is 21.1 Å². The fourth-order valence-electron chi connectivity index (χ4n) is 4.65. The van der Waals surface area contributed by atoms with E-state index in [1.807, 2.05) is 0 Å². The van der Waals surface area contributed by atoms with Crippen LogP contribution in [0.5, 0.6) is 0 Å². The smallest absolute Gasteiger partial charge is 0.328 e. The van der Waals surface area contributed by atoms with Crippen molar-refractivity contribution in [2.24, 2.45) is 11.1 Å². The second-order valence-corrected chi connectivity index (χ2v) is 8.21. The number of nitrogens with two attached hydrogens (primary N) is 1. The molecule has 1 aromatic carbocycles. The van der Waals surface area contributed by atoms with E-state index in [2.05, 4.69) is 0 Å². The van der Waals surface area contributed by atoms with E-state index in [4.69, 9.17) is 5.73 Å². The van der Waals surface area contributed by atoms with Crippen molar-refractivity contribution in [1.29, 1.82) is 0 Å². The van der Waals surface area contributed by atoms with Crippen LogP contribution in [0.2, 0.25) is 0 Å². The molecule has 2 aromatic rings. The van der Waals surface area contributed by atoms with Gasteiger partial charge in [-0.1, -0.05) is 18.2 Å². The summed E-state index contributed by atoms with van der Waals surface area (Å²) in [6, 6.07) is 8.80. The highest BCUT2D eigenvalue weighted by Gasteiger charge is 2.46. The summed E-state index contributed by atoms with van der Waals surface area (Å²) in [6.07, 6.45) is 7.71. The quantitative estimate of drug-likeness (QED) is 0.882. The molecule has 1 spiro atoms. The molecule has 0 unspecified atom stereocenters. The maximum Gasteiger partial charge on any atom is 0.338 e. The minimum atomic E-state index is -0.569. The van der Waals surface area contributed by atoms with Crippen molar-refractivity contribution in [2.75, 3.05) is 0 Å². The molecule has 0 aliphatic heterocycles. The number of aromatic nitrogens is 2. The molecule has 2 fully saturated rings. The molecule has 1 heterocycles. The van der Waals surface area contributed by atoms with Crippen LogP contribution in [0.25, 0.3) is 0 Å². The number of hydrogen-bond donors (Lipinski definition) is 1. The van der Waals surface area contributed by atoms with Crippen LogP contribution in [0.4, 0.5) is 0 Å². The lowest BCUT2D eigenvalue weighted by molar-refractivity contribution is 0.0144. The molecular weight excluding hydrogens is 342 g/mol. The Bertz CT molecular complexity index is 974. The maximum absolute atomic E-state index is 13.0. The van der Waals surface area contributed by atoms with E-state index in [1.54, 1.807) is 48.0 Å². The molecule has 2 aliphatic rings. The third-order valence-corrected chi connectivity index (χ3v) is 6.33. The molecular formula is C21H25N3O3. The monoisotopic (exact) mass is 367 g/mol. The van der Waals surface area contributed by atoms with Crippen LogP contribution < -0.4 is 17.0 Å². The standard InChI is InChI=1S/C21H25N3O3/c1-14-13-23(17-11-21(12-17)9-7-16(22)8-10-21)20(27)24(18(14)25)19(26)15-5-3-2-4-6-15/h2-6,13,16-17H,7-12,22H2,1H3. The van der Waals surface area contributed by atoms with Gasteiger partial charge in [-0.25, -0.2) is 4.79 Å². The van der Waals surface area contributed by atoms with E-state index >= 15 is 0 Å². The molecule has 1 aromatic heterocycles. The van der Waals surface area contributed by atoms with E-state index in [1.165, 1.54) is 0 Å². The van der Waals surface area contributed by atoms with Gasteiger partial charge in [0.2, 0.25) is 0 Å². The van der Waals surface area contributed by atoms with Crippen molar-refractivity contribution in [2.45, 2.75) is 57.5 Å². The van der Waals surface area contributed by atoms with Crippen molar-refractivity contribution in [3.05, 3.63) is 68.5 Å².